The topological polar surface area (TPSA) is 230 Å². The molecule has 0 saturated heterocycles. The Kier molecular flexibility index (Phi) is 16.0. The minimum absolute atomic E-state index is 0.0464. The molecular formula is C35H53N7O5. The number of phenolic OH excluding ortho intramolecular Hbond substituents is 1. The van der Waals surface area contributed by atoms with Crippen LogP contribution in [0.25, 0.3) is 0 Å². The molecule has 4 atom stereocenters. The fourth-order valence-corrected chi connectivity index (χ4v) is 5.66. The Morgan fingerprint density at radius 3 is 2.06 bits per heavy atom. The number of carbonyl (C=O) groups is 4. The lowest BCUT2D eigenvalue weighted by atomic mass is 9.86. The van der Waals surface area contributed by atoms with Crippen molar-refractivity contribution in [2.45, 2.75) is 97.6 Å². The van der Waals surface area contributed by atoms with E-state index in [9.17, 15) is 24.3 Å². The largest absolute Gasteiger partial charge is 0.508 e. The summed E-state index contributed by atoms with van der Waals surface area (Å²) < 4.78 is 0. The number of rotatable bonds is 21. The first-order valence-electron chi connectivity index (χ1n) is 16.3. The minimum atomic E-state index is -0.968. The van der Waals surface area contributed by atoms with Crippen LogP contribution in [0.3, 0.4) is 0 Å². The van der Waals surface area contributed by atoms with Crippen molar-refractivity contribution >= 4 is 29.3 Å². The zero-order chi connectivity index (χ0) is 35.1. The summed E-state index contributed by atoms with van der Waals surface area (Å²) in [5.74, 6) is -2.67. The van der Waals surface area contributed by atoms with E-state index in [2.05, 4.69) is 29.1 Å². The average Bonchev–Trinajstić information content (AvgIpc) is 2.99. The van der Waals surface area contributed by atoms with Gasteiger partial charge >= 0.3 is 0 Å². The van der Waals surface area contributed by atoms with Crippen LogP contribution in [-0.4, -0.2) is 58.1 Å². The molecule has 2 amide bonds. The Balaban J connectivity index is 2.35. The summed E-state index contributed by atoms with van der Waals surface area (Å²) in [6.07, 6.45) is 6.24. The number of aliphatic imine (C=N–C) groups is 1. The molecule has 258 valence electrons. The molecular weight excluding hydrogens is 598 g/mol. The smallest absolute Gasteiger partial charge is 0.224 e. The van der Waals surface area contributed by atoms with Crippen molar-refractivity contribution < 1.29 is 24.3 Å². The van der Waals surface area contributed by atoms with E-state index in [0.29, 0.717) is 31.7 Å². The molecule has 0 fully saturated rings. The van der Waals surface area contributed by atoms with Crippen molar-refractivity contribution in [3.8, 4) is 5.75 Å². The van der Waals surface area contributed by atoms with Gasteiger partial charge in [0.25, 0.3) is 0 Å². The highest BCUT2D eigenvalue weighted by Crippen LogP contribution is 2.26. The van der Waals surface area contributed by atoms with E-state index in [-0.39, 0.29) is 49.0 Å². The first kappa shape index (κ1) is 38.9. The SMILES string of the molecule is Cc1cc(O)cc(C)c1C[C@H](CC(=O)[C@H](N)CCCN=C(N)N)C(=O)N[C@@H](Cc1ccncc1)C(=O)C[C@@H](CCCC(C)C)C(N)=O. The molecule has 1 heterocycles. The number of guanidine groups is 1. The van der Waals surface area contributed by atoms with Crippen LogP contribution in [0.2, 0.25) is 0 Å². The van der Waals surface area contributed by atoms with Crippen molar-refractivity contribution in [2.75, 3.05) is 6.54 Å². The molecule has 47 heavy (non-hydrogen) atoms. The third kappa shape index (κ3) is 13.9. The van der Waals surface area contributed by atoms with E-state index in [0.717, 1.165) is 35.1 Å². The lowest BCUT2D eigenvalue weighted by Crippen LogP contribution is -2.47. The van der Waals surface area contributed by atoms with E-state index in [1.54, 1.807) is 36.7 Å². The van der Waals surface area contributed by atoms with Gasteiger partial charge in [0.15, 0.2) is 11.7 Å². The fraction of sp³-hybridized carbons (Fsp3) is 0.543. The molecule has 10 N–H and O–H groups in total. The van der Waals surface area contributed by atoms with Crippen LogP contribution in [0.5, 0.6) is 5.75 Å². The second kappa shape index (κ2) is 19.4. The van der Waals surface area contributed by atoms with E-state index in [1.165, 1.54) is 0 Å². The molecule has 0 saturated carbocycles. The van der Waals surface area contributed by atoms with Gasteiger partial charge in [-0.25, -0.2) is 0 Å². The van der Waals surface area contributed by atoms with Crippen LogP contribution in [0.1, 0.15) is 81.0 Å². The van der Waals surface area contributed by atoms with Gasteiger partial charge in [0.2, 0.25) is 11.8 Å². The van der Waals surface area contributed by atoms with Gasteiger partial charge in [-0.1, -0.05) is 26.7 Å². The van der Waals surface area contributed by atoms with Gasteiger partial charge in [-0.05, 0) is 98.4 Å². The van der Waals surface area contributed by atoms with Crippen molar-refractivity contribution in [3.63, 3.8) is 0 Å². The van der Waals surface area contributed by atoms with Crippen molar-refractivity contribution in [2.24, 2.45) is 45.7 Å². The highest BCUT2D eigenvalue weighted by Gasteiger charge is 2.31. The van der Waals surface area contributed by atoms with Crippen LogP contribution in [-0.2, 0) is 32.0 Å². The van der Waals surface area contributed by atoms with Gasteiger partial charge in [0.1, 0.15) is 11.5 Å². The molecule has 0 unspecified atom stereocenters. The number of hydrogen-bond donors (Lipinski definition) is 6. The lowest BCUT2D eigenvalue weighted by molar-refractivity contribution is -0.133. The summed E-state index contributed by atoms with van der Waals surface area (Å²) >= 11 is 0. The summed E-state index contributed by atoms with van der Waals surface area (Å²) in [4.78, 5) is 61.4. The number of aromatic nitrogens is 1. The Hall–Kier alpha value is -4.32. The number of hydrogen-bond acceptors (Lipinski definition) is 8. The summed E-state index contributed by atoms with van der Waals surface area (Å²) in [5, 5.41) is 13.0. The predicted octanol–water partition coefficient (Wildman–Crippen LogP) is 2.52. The minimum Gasteiger partial charge on any atom is -0.508 e. The summed E-state index contributed by atoms with van der Waals surface area (Å²) in [7, 11) is 0. The van der Waals surface area contributed by atoms with E-state index in [1.807, 2.05) is 13.8 Å². The quantitative estimate of drug-likeness (QED) is 0.0660. The highest BCUT2D eigenvalue weighted by molar-refractivity contribution is 5.94. The number of ketones is 2. The van der Waals surface area contributed by atoms with Gasteiger partial charge in [-0.2, -0.15) is 0 Å². The van der Waals surface area contributed by atoms with Crippen LogP contribution in [0.4, 0.5) is 0 Å². The number of carbonyl (C=O) groups excluding carboxylic acids is 4. The molecule has 1 aromatic heterocycles. The maximum Gasteiger partial charge on any atom is 0.224 e. The number of primary amides is 1. The van der Waals surface area contributed by atoms with Gasteiger partial charge < -0.3 is 33.4 Å². The maximum absolute atomic E-state index is 14.0. The second-order valence-corrected chi connectivity index (χ2v) is 12.9. The third-order valence-corrected chi connectivity index (χ3v) is 8.41. The molecule has 0 aliphatic heterocycles. The van der Waals surface area contributed by atoms with Crippen LogP contribution >= 0.6 is 0 Å². The molecule has 12 nitrogen and oxygen atoms in total. The maximum atomic E-state index is 14.0. The van der Waals surface area contributed by atoms with Crippen molar-refractivity contribution in [1.82, 2.24) is 10.3 Å². The number of nitrogens with zero attached hydrogens (tertiary/aromatic N) is 2. The third-order valence-electron chi connectivity index (χ3n) is 8.41. The first-order chi connectivity index (χ1) is 22.2. The Morgan fingerprint density at radius 2 is 1.49 bits per heavy atom. The van der Waals surface area contributed by atoms with Crippen molar-refractivity contribution in [3.05, 3.63) is 58.9 Å². The monoisotopic (exact) mass is 651 g/mol. The van der Waals surface area contributed by atoms with Gasteiger partial charge in [-0.3, -0.25) is 29.2 Å². The van der Waals surface area contributed by atoms with Gasteiger partial charge in [0, 0.05) is 43.6 Å². The number of aromatic hydroxyl groups is 1. The molecule has 2 rings (SSSR count). The zero-order valence-corrected chi connectivity index (χ0v) is 28.2. The zero-order valence-electron chi connectivity index (χ0n) is 28.2. The van der Waals surface area contributed by atoms with Crippen LogP contribution in [0, 0.1) is 31.6 Å². The van der Waals surface area contributed by atoms with E-state index in [4.69, 9.17) is 22.9 Å². The summed E-state index contributed by atoms with van der Waals surface area (Å²) in [6, 6.07) is 4.92. The summed E-state index contributed by atoms with van der Waals surface area (Å²) in [5.41, 5.74) is 25.8. The lowest BCUT2D eigenvalue weighted by Gasteiger charge is -2.25. The van der Waals surface area contributed by atoms with Crippen LogP contribution in [0.15, 0.2) is 41.7 Å². The molecule has 0 aliphatic carbocycles. The van der Waals surface area contributed by atoms with Gasteiger partial charge in [-0.15, -0.1) is 0 Å². The Bertz CT molecular complexity index is 1350. The normalized spacial score (nSPS) is 13.7. The number of Topliss-reactive ketones (excluding diaryl/α,β-unsaturated/α-hetero) is 2. The number of nitrogens with one attached hydrogen (secondary N) is 1. The molecule has 0 radical (unpaired) electrons. The molecule has 0 bridgehead atoms. The standard InChI is InChI=1S/C35H53N7O5/c1-21(2)7-5-8-25(33(37)46)19-32(45)30(17-24-10-13-40-14-11-24)42-34(47)26(18-28-22(3)15-27(43)16-23(28)4)20-31(44)29(36)9-6-12-41-35(38)39/h10-11,13-16,21,25-26,29-30,43H,5-9,12,17-20,36H2,1-4H3,(H2,37,46)(H,42,47)(H4,38,39,41)/t25-,26-,29-,30+/m1/s1. The van der Waals surface area contributed by atoms with Crippen LogP contribution < -0.4 is 28.3 Å². The number of aryl methyl sites for hydroxylation is 2. The molecule has 2 aromatic rings. The fourth-order valence-electron chi connectivity index (χ4n) is 5.66. The number of amides is 2. The second-order valence-electron chi connectivity index (χ2n) is 12.9. The van der Waals surface area contributed by atoms with E-state index < -0.39 is 35.7 Å². The molecule has 12 heteroatoms. The number of nitrogens with two attached hydrogens (primary N) is 4. The highest BCUT2D eigenvalue weighted by atomic mass is 16.3. The van der Waals surface area contributed by atoms with Crippen molar-refractivity contribution in [1.29, 1.82) is 0 Å². The predicted molar refractivity (Wildman–Crippen MR) is 183 cm³/mol. The average molecular weight is 652 g/mol. The number of phenols is 1. The molecule has 0 aliphatic rings. The Morgan fingerprint density at radius 1 is 0.872 bits per heavy atom. The first-order valence-corrected chi connectivity index (χ1v) is 16.3. The summed E-state index contributed by atoms with van der Waals surface area (Å²) in [6.45, 7) is 8.15. The Labute approximate surface area is 278 Å². The van der Waals surface area contributed by atoms with E-state index >= 15 is 0 Å². The molecule has 1 aromatic carbocycles. The van der Waals surface area contributed by atoms with Gasteiger partial charge in [0.05, 0.1) is 12.1 Å². The number of pyridine rings is 1. The number of benzene rings is 1. The molecule has 0 spiro atoms.